The van der Waals surface area contributed by atoms with Crippen LogP contribution in [0, 0.1) is 0 Å². The molecule has 5 heteroatoms. The third-order valence-electron chi connectivity index (χ3n) is 4.09. The van der Waals surface area contributed by atoms with E-state index in [2.05, 4.69) is 27.4 Å². The predicted molar refractivity (Wildman–Crippen MR) is 82.7 cm³/mol. The van der Waals surface area contributed by atoms with E-state index < -0.39 is 20.1 Å². The maximum Gasteiger partial charge on any atom is 0.416 e. The molecule has 21 heavy (non-hydrogen) atoms. The Kier molecular flexibility index (Phi) is 6.22. The zero-order chi connectivity index (χ0) is 16.1. The molecule has 1 aromatic rings. The van der Waals surface area contributed by atoms with E-state index in [9.17, 15) is 13.2 Å². The molecule has 0 aromatic heterocycles. The lowest BCUT2D eigenvalue weighted by atomic mass is 10.1. The van der Waals surface area contributed by atoms with Crippen molar-refractivity contribution < 1.29 is 17.6 Å². The van der Waals surface area contributed by atoms with Crippen LogP contribution in [0.2, 0.25) is 18.1 Å². The first kappa shape index (κ1) is 18.0. The third kappa shape index (κ3) is 4.45. The zero-order valence-electron chi connectivity index (χ0n) is 12.8. The van der Waals surface area contributed by atoms with Gasteiger partial charge in [-0.3, -0.25) is 0 Å². The summed E-state index contributed by atoms with van der Waals surface area (Å²) in [6, 6.07) is 8.13. The van der Waals surface area contributed by atoms with Gasteiger partial charge in [-0.15, -0.1) is 6.58 Å². The summed E-state index contributed by atoms with van der Waals surface area (Å²) in [7, 11) is -1.83. The van der Waals surface area contributed by atoms with Gasteiger partial charge in [0.1, 0.15) is 0 Å². The Morgan fingerprint density at radius 1 is 1.10 bits per heavy atom. The minimum absolute atomic E-state index is 0.334. The number of hydrogen-bond acceptors (Lipinski definition) is 1. The van der Waals surface area contributed by atoms with Crippen LogP contribution in [0.4, 0.5) is 13.2 Å². The number of hydrogen-bond donors (Lipinski definition) is 0. The van der Waals surface area contributed by atoms with Crippen molar-refractivity contribution in [1.29, 1.82) is 0 Å². The van der Waals surface area contributed by atoms with Crippen LogP contribution in [0.15, 0.2) is 36.9 Å². The van der Waals surface area contributed by atoms with Crippen LogP contribution < -0.4 is 0 Å². The van der Waals surface area contributed by atoms with E-state index >= 15 is 0 Å². The molecule has 1 atom stereocenters. The van der Waals surface area contributed by atoms with Crippen LogP contribution in [0.5, 0.6) is 0 Å². The smallest absolute Gasteiger partial charge is 0.407 e. The molecule has 0 heterocycles. The summed E-state index contributed by atoms with van der Waals surface area (Å²) in [5.41, 5.74) is 0.0873. The van der Waals surface area contributed by atoms with Crippen LogP contribution in [0.25, 0.3) is 0 Å². The highest BCUT2D eigenvalue weighted by molar-refractivity contribution is 6.73. The SMILES string of the molecule is C=C[C@H](O[Si](CC)(CC)CC)c1ccc(C(F)(F)F)cc1. The van der Waals surface area contributed by atoms with Gasteiger partial charge in [0.15, 0.2) is 8.32 Å². The molecule has 0 spiro atoms. The van der Waals surface area contributed by atoms with Crippen LogP contribution >= 0.6 is 0 Å². The van der Waals surface area contributed by atoms with Crippen molar-refractivity contribution >= 4 is 8.32 Å². The Morgan fingerprint density at radius 3 is 1.90 bits per heavy atom. The van der Waals surface area contributed by atoms with Gasteiger partial charge in [-0.2, -0.15) is 13.2 Å². The molecule has 0 saturated carbocycles. The van der Waals surface area contributed by atoms with Crippen LogP contribution in [-0.4, -0.2) is 8.32 Å². The minimum Gasteiger partial charge on any atom is -0.407 e. The summed E-state index contributed by atoms with van der Waals surface area (Å²) < 4.78 is 44.1. The number of benzene rings is 1. The molecule has 1 nitrogen and oxygen atoms in total. The molecular formula is C16H23F3OSi. The van der Waals surface area contributed by atoms with Crippen molar-refractivity contribution in [3.8, 4) is 0 Å². The molecule has 0 bridgehead atoms. The van der Waals surface area contributed by atoms with Crippen LogP contribution in [0.3, 0.4) is 0 Å². The predicted octanol–water partition coefficient (Wildman–Crippen LogP) is 5.95. The molecule has 0 aliphatic carbocycles. The third-order valence-corrected chi connectivity index (χ3v) is 8.71. The first-order valence-corrected chi connectivity index (χ1v) is 9.82. The van der Waals surface area contributed by atoms with Gasteiger partial charge >= 0.3 is 6.18 Å². The van der Waals surface area contributed by atoms with E-state index in [0.29, 0.717) is 0 Å². The largest absolute Gasteiger partial charge is 0.416 e. The molecule has 0 amide bonds. The van der Waals surface area contributed by atoms with Gasteiger partial charge in [0.25, 0.3) is 0 Å². The van der Waals surface area contributed by atoms with Gasteiger partial charge in [-0.1, -0.05) is 39.0 Å². The Bertz CT molecular complexity index is 441. The second-order valence-corrected chi connectivity index (χ2v) is 9.86. The Morgan fingerprint density at radius 2 is 1.57 bits per heavy atom. The van der Waals surface area contributed by atoms with Gasteiger partial charge in [-0.05, 0) is 35.8 Å². The summed E-state index contributed by atoms with van der Waals surface area (Å²) in [5.74, 6) is 0. The van der Waals surface area contributed by atoms with E-state index in [4.69, 9.17) is 4.43 Å². The molecular weight excluding hydrogens is 293 g/mol. The normalized spacial score (nSPS) is 14.0. The number of rotatable bonds is 7. The molecule has 1 rings (SSSR count). The number of alkyl halides is 3. The van der Waals surface area contributed by atoms with E-state index in [-0.39, 0.29) is 6.10 Å². The Balaban J connectivity index is 2.98. The average Bonchev–Trinajstić information content (AvgIpc) is 2.49. The van der Waals surface area contributed by atoms with Gasteiger partial charge in [0.05, 0.1) is 11.7 Å². The maximum absolute atomic E-state index is 12.6. The van der Waals surface area contributed by atoms with Gasteiger partial charge in [0.2, 0.25) is 0 Å². The van der Waals surface area contributed by atoms with Crippen molar-refractivity contribution in [2.45, 2.75) is 51.2 Å². The van der Waals surface area contributed by atoms with Crippen molar-refractivity contribution in [2.24, 2.45) is 0 Å². The fraction of sp³-hybridized carbons (Fsp3) is 0.500. The molecule has 0 unspecified atom stereocenters. The van der Waals surface area contributed by atoms with Crippen molar-refractivity contribution in [2.75, 3.05) is 0 Å². The lowest BCUT2D eigenvalue weighted by Crippen LogP contribution is -2.36. The monoisotopic (exact) mass is 316 g/mol. The summed E-state index contributed by atoms with van der Waals surface area (Å²) in [6.45, 7) is 10.1. The second-order valence-electron chi connectivity index (χ2n) is 5.14. The lowest BCUT2D eigenvalue weighted by Gasteiger charge is -2.32. The standard InChI is InChI=1S/C16H23F3OSi/c1-5-15(20-21(6-2,7-3)8-4)13-9-11-14(12-10-13)16(17,18)19/h5,9-12,15H,1,6-8H2,2-4H3/t15-/m0/s1. The van der Waals surface area contributed by atoms with Gasteiger partial charge < -0.3 is 4.43 Å². The molecule has 118 valence electrons. The van der Waals surface area contributed by atoms with Crippen LogP contribution in [-0.2, 0) is 10.6 Å². The van der Waals surface area contributed by atoms with E-state index in [1.807, 2.05) is 0 Å². The fourth-order valence-corrected chi connectivity index (χ4v) is 5.15. The summed E-state index contributed by atoms with van der Waals surface area (Å²) in [4.78, 5) is 0. The molecule has 0 saturated heterocycles. The van der Waals surface area contributed by atoms with E-state index in [0.717, 1.165) is 35.8 Å². The molecule has 0 aliphatic rings. The highest BCUT2D eigenvalue weighted by atomic mass is 28.4. The minimum atomic E-state index is -4.31. The lowest BCUT2D eigenvalue weighted by molar-refractivity contribution is -0.137. The van der Waals surface area contributed by atoms with Crippen molar-refractivity contribution in [3.63, 3.8) is 0 Å². The van der Waals surface area contributed by atoms with Gasteiger partial charge in [-0.25, -0.2) is 0 Å². The molecule has 0 aliphatic heterocycles. The van der Waals surface area contributed by atoms with Gasteiger partial charge in [0, 0.05) is 0 Å². The summed E-state index contributed by atoms with van der Waals surface area (Å²) in [6.07, 6.45) is -2.97. The molecule has 1 aromatic carbocycles. The fourth-order valence-electron chi connectivity index (χ4n) is 2.38. The van der Waals surface area contributed by atoms with Crippen molar-refractivity contribution in [3.05, 3.63) is 48.0 Å². The quantitative estimate of drug-likeness (QED) is 0.446. The first-order chi connectivity index (χ1) is 9.81. The zero-order valence-corrected chi connectivity index (χ0v) is 13.8. The summed E-state index contributed by atoms with van der Waals surface area (Å²) in [5, 5.41) is 0. The number of halogens is 3. The summed E-state index contributed by atoms with van der Waals surface area (Å²) >= 11 is 0. The molecule has 0 N–H and O–H groups in total. The maximum atomic E-state index is 12.6. The van der Waals surface area contributed by atoms with Crippen LogP contribution in [0.1, 0.15) is 38.0 Å². The second kappa shape index (κ2) is 7.27. The highest BCUT2D eigenvalue weighted by Crippen LogP contribution is 2.33. The first-order valence-electron chi connectivity index (χ1n) is 7.29. The molecule has 0 fully saturated rings. The average molecular weight is 316 g/mol. The topological polar surface area (TPSA) is 9.23 Å². The van der Waals surface area contributed by atoms with E-state index in [1.165, 1.54) is 12.1 Å². The van der Waals surface area contributed by atoms with E-state index in [1.54, 1.807) is 6.08 Å². The van der Waals surface area contributed by atoms with Crippen molar-refractivity contribution in [1.82, 2.24) is 0 Å². The Hall–Kier alpha value is -1.07. The molecule has 0 radical (unpaired) electrons. The Labute approximate surface area is 126 Å². The highest BCUT2D eigenvalue weighted by Gasteiger charge is 2.33.